The van der Waals surface area contributed by atoms with Crippen LogP contribution in [0, 0.1) is 5.92 Å². The zero-order valence-electron chi connectivity index (χ0n) is 17.0. The quantitative estimate of drug-likeness (QED) is 0.517. The van der Waals surface area contributed by atoms with E-state index in [1.165, 1.54) is 19.3 Å². The van der Waals surface area contributed by atoms with Gasteiger partial charge in [0.2, 0.25) is 5.91 Å². The molecule has 0 N–H and O–H groups in total. The molecule has 0 spiro atoms. The lowest BCUT2D eigenvalue weighted by Crippen LogP contribution is -2.51. The van der Waals surface area contributed by atoms with Gasteiger partial charge in [0.1, 0.15) is 0 Å². The summed E-state index contributed by atoms with van der Waals surface area (Å²) in [5.74, 6) is 0.568. The third-order valence-corrected chi connectivity index (χ3v) is 7.16. The molecule has 1 aliphatic carbocycles. The van der Waals surface area contributed by atoms with Gasteiger partial charge in [-0.3, -0.25) is 9.69 Å². The number of benzene rings is 2. The molecule has 3 nitrogen and oxygen atoms in total. The Hall–Kier alpha value is -1.26. The van der Waals surface area contributed by atoms with Crippen LogP contribution in [-0.4, -0.2) is 41.9 Å². The first kappa shape index (κ1) is 22.0. The highest BCUT2D eigenvalue weighted by Gasteiger charge is 2.32. The van der Waals surface area contributed by atoms with Gasteiger partial charge in [0.15, 0.2) is 0 Å². The van der Waals surface area contributed by atoms with Crippen molar-refractivity contribution in [2.75, 3.05) is 26.2 Å². The minimum absolute atomic E-state index is 0.0274. The number of hydrogen-bond acceptors (Lipinski definition) is 2. The molecule has 1 aliphatic heterocycles. The number of halogens is 3. The van der Waals surface area contributed by atoms with E-state index < -0.39 is 0 Å². The lowest BCUT2D eigenvalue weighted by atomic mass is 9.88. The summed E-state index contributed by atoms with van der Waals surface area (Å²) in [5, 5.41) is 1.97. The first-order valence-electron chi connectivity index (χ1n) is 10.8. The molecule has 0 aromatic heterocycles. The predicted octanol–water partition coefficient (Wildman–Crippen LogP) is 6.46. The van der Waals surface area contributed by atoms with Gasteiger partial charge in [-0.05, 0) is 48.2 Å². The summed E-state index contributed by atoms with van der Waals surface area (Å²) in [4.78, 5) is 17.4. The first-order chi connectivity index (χ1) is 14.5. The molecule has 0 radical (unpaired) electrons. The van der Waals surface area contributed by atoms with Crippen molar-refractivity contribution in [2.24, 2.45) is 5.92 Å². The summed E-state index contributed by atoms with van der Waals surface area (Å²) in [6.07, 6.45) is 5.72. The zero-order chi connectivity index (χ0) is 21.1. The van der Waals surface area contributed by atoms with Crippen molar-refractivity contribution in [3.63, 3.8) is 0 Å². The molecule has 1 atom stereocenters. The van der Waals surface area contributed by atoms with Crippen molar-refractivity contribution in [1.82, 2.24) is 9.80 Å². The first-order valence-corrected chi connectivity index (χ1v) is 11.9. The number of rotatable bonds is 4. The van der Waals surface area contributed by atoms with E-state index in [1.54, 1.807) is 6.07 Å². The summed E-state index contributed by atoms with van der Waals surface area (Å²) in [6, 6.07) is 13.6. The van der Waals surface area contributed by atoms with Crippen LogP contribution in [0.1, 0.15) is 49.3 Å². The molecule has 2 aromatic rings. The molecule has 1 amide bonds. The number of carbonyl (C=O) groups excluding carboxylic acids is 1. The molecule has 1 saturated heterocycles. The van der Waals surface area contributed by atoms with Gasteiger partial charge in [0, 0.05) is 47.2 Å². The highest BCUT2D eigenvalue weighted by atomic mass is 35.5. The molecule has 2 aliphatic rings. The second-order valence-electron chi connectivity index (χ2n) is 8.32. The van der Waals surface area contributed by atoms with Gasteiger partial charge >= 0.3 is 0 Å². The molecular weight excluding hydrogens is 439 g/mol. The largest absolute Gasteiger partial charge is 0.340 e. The van der Waals surface area contributed by atoms with Crippen LogP contribution in [0.3, 0.4) is 0 Å². The van der Waals surface area contributed by atoms with Crippen molar-refractivity contribution in [2.45, 2.75) is 38.1 Å². The number of carbonyl (C=O) groups is 1. The summed E-state index contributed by atoms with van der Waals surface area (Å²) >= 11 is 19.1. The van der Waals surface area contributed by atoms with E-state index in [0.29, 0.717) is 21.0 Å². The van der Waals surface area contributed by atoms with E-state index in [4.69, 9.17) is 34.8 Å². The maximum Gasteiger partial charge on any atom is 0.225 e. The molecule has 2 fully saturated rings. The van der Waals surface area contributed by atoms with E-state index in [2.05, 4.69) is 15.9 Å². The third kappa shape index (κ3) is 4.96. The molecule has 30 heavy (non-hydrogen) atoms. The van der Waals surface area contributed by atoms with Gasteiger partial charge in [-0.1, -0.05) is 72.3 Å². The summed E-state index contributed by atoms with van der Waals surface area (Å²) in [7, 11) is 0. The lowest BCUT2D eigenvalue weighted by Gasteiger charge is -2.41. The molecule has 1 unspecified atom stereocenters. The molecule has 0 bridgehead atoms. The monoisotopic (exact) mass is 464 g/mol. The fourth-order valence-corrected chi connectivity index (χ4v) is 5.51. The second kappa shape index (κ2) is 9.91. The van der Waals surface area contributed by atoms with E-state index in [1.807, 2.05) is 30.3 Å². The van der Waals surface area contributed by atoms with Crippen LogP contribution in [0.15, 0.2) is 42.5 Å². The average molecular weight is 466 g/mol. The van der Waals surface area contributed by atoms with Crippen LogP contribution < -0.4 is 0 Å². The minimum Gasteiger partial charge on any atom is -0.340 e. The molecule has 6 heteroatoms. The van der Waals surface area contributed by atoms with Gasteiger partial charge in [-0.25, -0.2) is 0 Å². The second-order valence-corrected chi connectivity index (χ2v) is 9.60. The van der Waals surface area contributed by atoms with E-state index >= 15 is 0 Å². The smallest absolute Gasteiger partial charge is 0.225 e. The van der Waals surface area contributed by atoms with Crippen molar-refractivity contribution in [3.8, 4) is 0 Å². The number of hydrogen-bond donors (Lipinski definition) is 0. The highest BCUT2D eigenvalue weighted by molar-refractivity contribution is 6.35. The Morgan fingerprint density at radius 1 is 0.867 bits per heavy atom. The molecule has 2 aromatic carbocycles. The Labute approximate surface area is 193 Å². The number of amides is 1. The third-order valence-electron chi connectivity index (χ3n) is 6.37. The van der Waals surface area contributed by atoms with Gasteiger partial charge in [-0.15, -0.1) is 0 Å². The van der Waals surface area contributed by atoms with E-state index in [-0.39, 0.29) is 12.0 Å². The van der Waals surface area contributed by atoms with Crippen molar-refractivity contribution >= 4 is 40.7 Å². The Kier molecular flexibility index (Phi) is 7.25. The van der Waals surface area contributed by atoms with Crippen LogP contribution in [0.4, 0.5) is 0 Å². The fourth-order valence-electron chi connectivity index (χ4n) is 4.80. The summed E-state index contributed by atoms with van der Waals surface area (Å²) < 4.78 is 0. The number of nitrogens with zero attached hydrogens (tertiary/aromatic N) is 2. The number of piperazine rings is 1. The van der Waals surface area contributed by atoms with Crippen LogP contribution >= 0.6 is 34.8 Å². The van der Waals surface area contributed by atoms with Crippen molar-refractivity contribution < 1.29 is 4.79 Å². The van der Waals surface area contributed by atoms with Crippen LogP contribution in [0.2, 0.25) is 15.1 Å². The molecule has 4 rings (SSSR count). The molecular formula is C24H27Cl3N2O. The standard InChI is InChI=1S/C24H27Cl3N2O/c25-19-8-4-7-18(15-19)23(21-10-9-20(26)16-22(21)27)28-11-13-29(14-12-28)24(30)17-5-2-1-3-6-17/h4,7-10,15-17,23H,1-3,5-6,11-14H2. The normalized spacial score (nSPS) is 19.6. The van der Waals surface area contributed by atoms with Crippen molar-refractivity contribution in [1.29, 1.82) is 0 Å². The Morgan fingerprint density at radius 3 is 2.23 bits per heavy atom. The maximum atomic E-state index is 13.0. The summed E-state index contributed by atoms with van der Waals surface area (Å²) in [5.41, 5.74) is 2.11. The Balaban J connectivity index is 1.54. The van der Waals surface area contributed by atoms with Crippen LogP contribution in [-0.2, 0) is 4.79 Å². The highest BCUT2D eigenvalue weighted by Crippen LogP contribution is 2.36. The van der Waals surface area contributed by atoms with E-state index in [9.17, 15) is 4.79 Å². The predicted molar refractivity (Wildman–Crippen MR) is 124 cm³/mol. The molecule has 160 valence electrons. The Bertz CT molecular complexity index is 890. The summed E-state index contributed by atoms with van der Waals surface area (Å²) in [6.45, 7) is 3.10. The topological polar surface area (TPSA) is 23.6 Å². The molecule has 1 saturated carbocycles. The van der Waals surface area contributed by atoms with Gasteiger partial charge in [-0.2, -0.15) is 0 Å². The maximum absolute atomic E-state index is 13.0. The zero-order valence-corrected chi connectivity index (χ0v) is 19.3. The SMILES string of the molecule is O=C(C1CCCCC1)N1CCN(C(c2cccc(Cl)c2)c2ccc(Cl)cc2Cl)CC1. The van der Waals surface area contributed by atoms with Crippen LogP contribution in [0.5, 0.6) is 0 Å². The minimum atomic E-state index is -0.0274. The van der Waals surface area contributed by atoms with Gasteiger partial charge in [0.25, 0.3) is 0 Å². The van der Waals surface area contributed by atoms with E-state index in [0.717, 1.165) is 50.1 Å². The van der Waals surface area contributed by atoms with Crippen molar-refractivity contribution in [3.05, 3.63) is 68.7 Å². The van der Waals surface area contributed by atoms with Gasteiger partial charge in [0.05, 0.1) is 6.04 Å². The van der Waals surface area contributed by atoms with Crippen LogP contribution in [0.25, 0.3) is 0 Å². The lowest BCUT2D eigenvalue weighted by molar-refractivity contribution is -0.138. The molecule has 1 heterocycles. The average Bonchev–Trinajstić information content (AvgIpc) is 2.76. The van der Waals surface area contributed by atoms with Gasteiger partial charge < -0.3 is 4.90 Å². The fraction of sp³-hybridized carbons (Fsp3) is 0.458. The Morgan fingerprint density at radius 2 is 1.57 bits per heavy atom.